The first-order valence-corrected chi connectivity index (χ1v) is 10.1. The van der Waals surface area contributed by atoms with Crippen LogP contribution in [-0.2, 0) is 9.53 Å². The first-order valence-electron chi connectivity index (χ1n) is 10.1. The minimum atomic E-state index is -0.765. The number of likely N-dealkylation sites (tertiary alicyclic amines) is 1. The summed E-state index contributed by atoms with van der Waals surface area (Å²) in [6.45, 7) is 3.34. The summed E-state index contributed by atoms with van der Waals surface area (Å²) in [5, 5.41) is 3.04. The summed E-state index contributed by atoms with van der Waals surface area (Å²) in [6, 6.07) is 6.42. The Hall–Kier alpha value is -2.57. The van der Waals surface area contributed by atoms with E-state index in [0.717, 1.165) is 38.5 Å². The van der Waals surface area contributed by atoms with Gasteiger partial charge in [0.1, 0.15) is 5.75 Å². The summed E-state index contributed by atoms with van der Waals surface area (Å²) in [5.74, 6) is 0.665. The molecule has 1 saturated carbocycles. The highest BCUT2D eigenvalue weighted by Crippen LogP contribution is 2.27. The second kappa shape index (κ2) is 9.57. The number of piperidine rings is 1. The van der Waals surface area contributed by atoms with Gasteiger partial charge in [0.25, 0.3) is 5.91 Å². The summed E-state index contributed by atoms with van der Waals surface area (Å²) in [5.41, 5.74) is 0.501. The number of hydrogen-bond donors (Lipinski definition) is 1. The zero-order valence-electron chi connectivity index (χ0n) is 16.3. The Kier molecular flexibility index (Phi) is 6.90. The fraction of sp³-hybridized carbons (Fsp3) is 0.571. The van der Waals surface area contributed by atoms with Crippen LogP contribution in [0.25, 0.3) is 0 Å². The quantitative estimate of drug-likeness (QED) is 0.619. The Bertz CT molecular complexity index is 689. The van der Waals surface area contributed by atoms with Crippen molar-refractivity contribution < 1.29 is 23.9 Å². The smallest absolute Gasteiger partial charge is 0.434 e. The van der Waals surface area contributed by atoms with Crippen LogP contribution in [0.4, 0.5) is 4.79 Å². The largest absolute Gasteiger partial charge is 0.513 e. The monoisotopic (exact) mass is 388 g/mol. The first-order chi connectivity index (χ1) is 13.6. The van der Waals surface area contributed by atoms with Gasteiger partial charge in [0.05, 0.1) is 6.61 Å². The van der Waals surface area contributed by atoms with Crippen LogP contribution in [-0.4, -0.2) is 48.6 Å². The van der Waals surface area contributed by atoms with Crippen molar-refractivity contribution in [1.29, 1.82) is 0 Å². The fourth-order valence-electron chi connectivity index (χ4n) is 3.86. The third kappa shape index (κ3) is 5.24. The van der Waals surface area contributed by atoms with Crippen molar-refractivity contribution in [2.45, 2.75) is 51.5 Å². The number of amides is 2. The van der Waals surface area contributed by atoms with Crippen LogP contribution >= 0.6 is 0 Å². The Morgan fingerprint density at radius 2 is 1.68 bits per heavy atom. The molecule has 0 unspecified atom stereocenters. The van der Waals surface area contributed by atoms with E-state index >= 15 is 0 Å². The molecule has 2 aliphatic rings. The summed E-state index contributed by atoms with van der Waals surface area (Å²) >= 11 is 0. The van der Waals surface area contributed by atoms with Crippen molar-refractivity contribution in [1.82, 2.24) is 10.2 Å². The second-order valence-corrected chi connectivity index (χ2v) is 7.36. The predicted octanol–water partition coefficient (Wildman–Crippen LogP) is 3.13. The summed E-state index contributed by atoms with van der Waals surface area (Å²) in [6.07, 6.45) is 5.14. The lowest BCUT2D eigenvalue weighted by molar-refractivity contribution is -0.136. The Labute approximate surface area is 165 Å². The molecule has 2 amide bonds. The van der Waals surface area contributed by atoms with E-state index in [0.29, 0.717) is 30.3 Å². The van der Waals surface area contributed by atoms with Crippen molar-refractivity contribution >= 4 is 18.0 Å². The van der Waals surface area contributed by atoms with Gasteiger partial charge in [-0.25, -0.2) is 4.79 Å². The molecule has 1 aliphatic carbocycles. The maximum atomic E-state index is 12.5. The van der Waals surface area contributed by atoms with E-state index in [9.17, 15) is 14.4 Å². The van der Waals surface area contributed by atoms with Crippen LogP contribution in [0.3, 0.4) is 0 Å². The lowest BCUT2D eigenvalue weighted by Crippen LogP contribution is -2.47. The number of nitrogens with zero attached hydrogens (tertiary/aromatic N) is 1. The van der Waals surface area contributed by atoms with Crippen LogP contribution in [0.2, 0.25) is 0 Å². The normalized spacial score (nSPS) is 18.0. The standard InChI is InChI=1S/C21H28N2O5/c1-2-27-21(26)28-18-9-7-15(8-10-18)19(24)22-17-11-13-23(14-12-17)20(25)16-5-3-4-6-16/h7-10,16-17H,2-6,11-14H2,1H3,(H,22,24). The molecule has 152 valence electrons. The molecule has 1 N–H and O–H groups in total. The maximum absolute atomic E-state index is 12.5. The first kappa shape index (κ1) is 20.2. The molecule has 3 rings (SSSR count). The molecule has 1 aromatic rings. The van der Waals surface area contributed by atoms with E-state index < -0.39 is 6.16 Å². The van der Waals surface area contributed by atoms with Crippen molar-refractivity contribution in [2.24, 2.45) is 5.92 Å². The minimum absolute atomic E-state index is 0.0654. The Balaban J connectivity index is 1.45. The van der Waals surface area contributed by atoms with Gasteiger partial charge < -0.3 is 19.7 Å². The molecule has 0 radical (unpaired) electrons. The van der Waals surface area contributed by atoms with E-state index in [2.05, 4.69) is 5.32 Å². The molecule has 1 saturated heterocycles. The van der Waals surface area contributed by atoms with E-state index in [-0.39, 0.29) is 24.5 Å². The summed E-state index contributed by atoms with van der Waals surface area (Å²) in [4.78, 5) is 38.2. The van der Waals surface area contributed by atoms with E-state index in [1.165, 1.54) is 0 Å². The van der Waals surface area contributed by atoms with Gasteiger partial charge in [0.15, 0.2) is 0 Å². The molecule has 0 spiro atoms. The topological polar surface area (TPSA) is 84.9 Å². The van der Waals surface area contributed by atoms with Crippen LogP contribution in [0.5, 0.6) is 5.75 Å². The van der Waals surface area contributed by atoms with Gasteiger partial charge >= 0.3 is 6.16 Å². The van der Waals surface area contributed by atoms with Crippen LogP contribution in [0.1, 0.15) is 55.8 Å². The average molecular weight is 388 g/mol. The molecule has 7 heteroatoms. The van der Waals surface area contributed by atoms with E-state index in [4.69, 9.17) is 9.47 Å². The number of nitrogens with one attached hydrogen (secondary N) is 1. The third-order valence-electron chi connectivity index (χ3n) is 5.43. The van der Waals surface area contributed by atoms with Crippen LogP contribution < -0.4 is 10.1 Å². The SMILES string of the molecule is CCOC(=O)Oc1ccc(C(=O)NC2CCN(C(=O)C3CCCC3)CC2)cc1. The summed E-state index contributed by atoms with van der Waals surface area (Å²) in [7, 11) is 0. The molecule has 1 aromatic carbocycles. The predicted molar refractivity (Wildman–Crippen MR) is 103 cm³/mol. The maximum Gasteiger partial charge on any atom is 0.513 e. The molecule has 0 bridgehead atoms. The Morgan fingerprint density at radius 3 is 2.29 bits per heavy atom. The number of carbonyl (C=O) groups is 3. The number of ether oxygens (including phenoxy) is 2. The molecular formula is C21H28N2O5. The number of hydrogen-bond acceptors (Lipinski definition) is 5. The average Bonchev–Trinajstić information content (AvgIpc) is 3.23. The lowest BCUT2D eigenvalue weighted by atomic mass is 10.0. The molecule has 1 aliphatic heterocycles. The van der Waals surface area contributed by atoms with Gasteiger partial charge in [-0.05, 0) is 56.9 Å². The van der Waals surface area contributed by atoms with Gasteiger partial charge in [-0.15, -0.1) is 0 Å². The molecule has 1 heterocycles. The van der Waals surface area contributed by atoms with Crippen molar-refractivity contribution in [3.63, 3.8) is 0 Å². The van der Waals surface area contributed by atoms with Crippen molar-refractivity contribution in [2.75, 3.05) is 19.7 Å². The van der Waals surface area contributed by atoms with Gasteiger partial charge in [-0.1, -0.05) is 12.8 Å². The second-order valence-electron chi connectivity index (χ2n) is 7.36. The highest BCUT2D eigenvalue weighted by molar-refractivity contribution is 5.94. The fourth-order valence-corrected chi connectivity index (χ4v) is 3.86. The zero-order chi connectivity index (χ0) is 19.9. The van der Waals surface area contributed by atoms with Gasteiger partial charge in [0.2, 0.25) is 5.91 Å². The lowest BCUT2D eigenvalue weighted by Gasteiger charge is -2.34. The molecule has 0 atom stereocenters. The van der Waals surface area contributed by atoms with Gasteiger partial charge in [-0.3, -0.25) is 9.59 Å². The van der Waals surface area contributed by atoms with E-state index in [1.807, 2.05) is 4.90 Å². The minimum Gasteiger partial charge on any atom is -0.434 e. The molecule has 0 aromatic heterocycles. The summed E-state index contributed by atoms with van der Waals surface area (Å²) < 4.78 is 9.70. The Morgan fingerprint density at radius 1 is 1.04 bits per heavy atom. The number of carbonyl (C=O) groups excluding carboxylic acids is 3. The van der Waals surface area contributed by atoms with Crippen LogP contribution in [0, 0.1) is 5.92 Å². The van der Waals surface area contributed by atoms with Gasteiger partial charge in [-0.2, -0.15) is 0 Å². The van der Waals surface area contributed by atoms with Gasteiger partial charge in [0, 0.05) is 30.6 Å². The van der Waals surface area contributed by atoms with Crippen LogP contribution in [0.15, 0.2) is 24.3 Å². The van der Waals surface area contributed by atoms with Crippen molar-refractivity contribution in [3.05, 3.63) is 29.8 Å². The highest BCUT2D eigenvalue weighted by Gasteiger charge is 2.30. The number of rotatable bonds is 5. The molecular weight excluding hydrogens is 360 g/mol. The highest BCUT2D eigenvalue weighted by atomic mass is 16.7. The molecule has 28 heavy (non-hydrogen) atoms. The third-order valence-corrected chi connectivity index (χ3v) is 5.43. The molecule has 2 fully saturated rings. The zero-order valence-corrected chi connectivity index (χ0v) is 16.3. The number of benzene rings is 1. The van der Waals surface area contributed by atoms with E-state index in [1.54, 1.807) is 31.2 Å². The molecule has 7 nitrogen and oxygen atoms in total. The van der Waals surface area contributed by atoms with Crippen molar-refractivity contribution in [3.8, 4) is 5.75 Å².